The van der Waals surface area contributed by atoms with E-state index >= 15 is 0 Å². The van der Waals surface area contributed by atoms with E-state index in [9.17, 15) is 22.0 Å². The number of aliphatic imine (C=N–C) groups is 1. The van der Waals surface area contributed by atoms with Gasteiger partial charge in [0.2, 0.25) is 0 Å². The van der Waals surface area contributed by atoms with Crippen molar-refractivity contribution in [1.29, 1.82) is 0 Å². The second-order valence-electron chi connectivity index (χ2n) is 6.07. The molecule has 0 saturated carbocycles. The summed E-state index contributed by atoms with van der Waals surface area (Å²) in [6, 6.07) is 12.0. The van der Waals surface area contributed by atoms with Crippen LogP contribution in [0.3, 0.4) is 0 Å². The summed E-state index contributed by atoms with van der Waals surface area (Å²) in [4.78, 5) is 3.98. The van der Waals surface area contributed by atoms with Crippen molar-refractivity contribution in [3.05, 3.63) is 77.9 Å². The largest absolute Gasteiger partial charge is 0.573 e. The first-order valence-corrected chi connectivity index (χ1v) is 8.42. The topological polar surface area (TPSA) is 21.6 Å². The van der Waals surface area contributed by atoms with Gasteiger partial charge in [-0.15, -0.1) is 13.2 Å². The molecule has 3 rings (SSSR count). The van der Waals surface area contributed by atoms with Gasteiger partial charge in [-0.3, -0.25) is 0 Å². The summed E-state index contributed by atoms with van der Waals surface area (Å²) < 4.78 is 68.1. The van der Waals surface area contributed by atoms with Crippen LogP contribution in [0.25, 0.3) is 11.1 Å². The monoisotopic (exact) mass is 409 g/mol. The van der Waals surface area contributed by atoms with Crippen LogP contribution in [0.1, 0.15) is 12.0 Å². The maximum absolute atomic E-state index is 13.8. The highest BCUT2D eigenvalue weighted by atomic mass is 32.1. The number of thiocarbonyl (C=S) groups is 1. The molecule has 2 nitrogen and oxygen atoms in total. The van der Waals surface area contributed by atoms with Gasteiger partial charge < -0.3 is 4.74 Å². The maximum atomic E-state index is 13.8. The smallest absolute Gasteiger partial charge is 0.406 e. The predicted molar refractivity (Wildman–Crippen MR) is 98.3 cm³/mol. The minimum Gasteiger partial charge on any atom is -0.406 e. The Labute approximate surface area is 162 Å². The Kier molecular flexibility index (Phi) is 5.45. The number of isothiocyanates is 1. The van der Waals surface area contributed by atoms with Crippen molar-refractivity contribution in [2.24, 2.45) is 4.99 Å². The van der Waals surface area contributed by atoms with Crippen molar-refractivity contribution in [2.45, 2.75) is 18.3 Å². The molecule has 1 unspecified atom stereocenters. The van der Waals surface area contributed by atoms with Gasteiger partial charge in [0.05, 0.1) is 5.16 Å². The van der Waals surface area contributed by atoms with Crippen molar-refractivity contribution in [1.82, 2.24) is 0 Å². The van der Waals surface area contributed by atoms with Crippen LogP contribution in [0, 0.1) is 0 Å². The van der Waals surface area contributed by atoms with E-state index in [0.29, 0.717) is 16.7 Å². The molecule has 8 heteroatoms. The average Bonchev–Trinajstić information content (AvgIpc) is 2.60. The van der Waals surface area contributed by atoms with Gasteiger partial charge in [-0.2, -0.15) is 0 Å². The van der Waals surface area contributed by atoms with Gasteiger partial charge in [-0.25, -0.2) is 13.8 Å². The van der Waals surface area contributed by atoms with Gasteiger partial charge in [0, 0.05) is 12.5 Å². The molecule has 1 aliphatic rings. The standard InChI is InChI=1S/C20H12F5NOS/c21-16-9-17(22)11-19(10-16,26-12-28)15-5-1-13(2-6-15)14-3-7-18(8-4-14)27-20(23,24)25/h1-10H,11H2. The highest BCUT2D eigenvalue weighted by Gasteiger charge is 2.34. The van der Waals surface area contributed by atoms with Crippen LogP contribution in [0.5, 0.6) is 5.75 Å². The molecule has 144 valence electrons. The van der Waals surface area contributed by atoms with Crippen LogP contribution in [-0.4, -0.2) is 11.5 Å². The Morgan fingerprint density at radius 1 is 0.964 bits per heavy atom. The molecule has 1 atom stereocenters. The first kappa shape index (κ1) is 19.9. The molecule has 0 N–H and O–H groups in total. The lowest BCUT2D eigenvalue weighted by Gasteiger charge is -2.27. The summed E-state index contributed by atoms with van der Waals surface area (Å²) in [5, 5.41) is 2.19. The molecule has 0 fully saturated rings. The van der Waals surface area contributed by atoms with Crippen LogP contribution >= 0.6 is 12.2 Å². The van der Waals surface area contributed by atoms with Crippen LogP contribution in [0.4, 0.5) is 22.0 Å². The maximum Gasteiger partial charge on any atom is 0.573 e. The van der Waals surface area contributed by atoms with Crippen LogP contribution in [-0.2, 0) is 5.54 Å². The summed E-state index contributed by atoms with van der Waals surface area (Å²) in [5.74, 6) is -1.76. The lowest BCUT2D eigenvalue weighted by Crippen LogP contribution is -2.23. The van der Waals surface area contributed by atoms with E-state index in [0.717, 1.165) is 6.08 Å². The van der Waals surface area contributed by atoms with Crippen LogP contribution < -0.4 is 4.74 Å². The summed E-state index contributed by atoms with van der Waals surface area (Å²) in [7, 11) is 0. The molecule has 0 aromatic heterocycles. The number of allylic oxidation sites excluding steroid dienone is 2. The lowest BCUT2D eigenvalue weighted by atomic mass is 9.83. The quantitative estimate of drug-likeness (QED) is 0.320. The molecule has 0 heterocycles. The Bertz CT molecular complexity index is 973. The van der Waals surface area contributed by atoms with Crippen LogP contribution in [0.2, 0.25) is 0 Å². The van der Waals surface area contributed by atoms with Gasteiger partial charge in [-0.05, 0) is 47.1 Å². The minimum atomic E-state index is -4.76. The predicted octanol–water partition coefficient (Wildman–Crippen LogP) is 6.66. The number of ether oxygens (including phenoxy) is 1. The van der Waals surface area contributed by atoms with Crippen molar-refractivity contribution < 1.29 is 26.7 Å². The Morgan fingerprint density at radius 2 is 1.54 bits per heavy atom. The van der Waals surface area contributed by atoms with E-state index in [1.807, 2.05) is 0 Å². The molecule has 2 aromatic rings. The Morgan fingerprint density at radius 3 is 2.04 bits per heavy atom. The van der Waals surface area contributed by atoms with E-state index in [4.69, 9.17) is 0 Å². The SMILES string of the molecule is FC1=CC(N=C=S)(c2ccc(-c3ccc(OC(F)(F)F)cc3)cc2)CC(F)=C1. The van der Waals surface area contributed by atoms with Crippen molar-refractivity contribution >= 4 is 17.4 Å². The zero-order valence-electron chi connectivity index (χ0n) is 14.1. The molecule has 0 radical (unpaired) electrons. The molecular weight excluding hydrogens is 397 g/mol. The lowest BCUT2D eigenvalue weighted by molar-refractivity contribution is -0.274. The van der Waals surface area contributed by atoms with Gasteiger partial charge in [0.1, 0.15) is 22.9 Å². The first-order chi connectivity index (χ1) is 13.2. The van der Waals surface area contributed by atoms with Crippen molar-refractivity contribution in [2.75, 3.05) is 0 Å². The Hall–Kier alpha value is -2.83. The van der Waals surface area contributed by atoms with E-state index in [1.54, 1.807) is 24.3 Å². The van der Waals surface area contributed by atoms with Gasteiger partial charge in [0.25, 0.3) is 0 Å². The fourth-order valence-corrected chi connectivity index (χ4v) is 3.15. The summed E-state index contributed by atoms with van der Waals surface area (Å²) >= 11 is 4.63. The molecule has 0 amide bonds. The molecule has 28 heavy (non-hydrogen) atoms. The number of hydrogen-bond donors (Lipinski definition) is 0. The number of rotatable bonds is 4. The number of alkyl halides is 3. The minimum absolute atomic E-state index is 0.188. The summed E-state index contributed by atoms with van der Waals surface area (Å²) in [5.41, 5.74) is 0.516. The van der Waals surface area contributed by atoms with Crippen LogP contribution in [0.15, 0.2) is 77.3 Å². The van der Waals surface area contributed by atoms with Crippen molar-refractivity contribution in [3.8, 4) is 16.9 Å². The summed E-state index contributed by atoms with van der Waals surface area (Å²) in [6.45, 7) is 0. The zero-order valence-corrected chi connectivity index (χ0v) is 15.0. The molecule has 0 spiro atoms. The van der Waals surface area contributed by atoms with Gasteiger partial charge >= 0.3 is 6.36 Å². The first-order valence-electron chi connectivity index (χ1n) is 8.01. The van der Waals surface area contributed by atoms with E-state index < -0.39 is 23.6 Å². The van der Waals surface area contributed by atoms with E-state index in [-0.39, 0.29) is 12.2 Å². The fraction of sp³-hybridized carbons (Fsp3) is 0.150. The Balaban J connectivity index is 1.89. The average molecular weight is 409 g/mol. The second kappa shape index (κ2) is 7.66. The highest BCUT2D eigenvalue weighted by molar-refractivity contribution is 7.78. The van der Waals surface area contributed by atoms with E-state index in [1.165, 1.54) is 30.3 Å². The number of benzene rings is 2. The number of hydrogen-bond acceptors (Lipinski definition) is 3. The fourth-order valence-electron chi connectivity index (χ4n) is 2.98. The molecular formula is C20H12F5NOS. The molecule has 0 bridgehead atoms. The third kappa shape index (κ3) is 4.52. The third-order valence-electron chi connectivity index (χ3n) is 4.16. The van der Waals surface area contributed by atoms with Gasteiger partial charge in [-0.1, -0.05) is 36.4 Å². The molecule has 0 aliphatic heterocycles. The molecule has 1 aliphatic carbocycles. The molecule has 2 aromatic carbocycles. The van der Waals surface area contributed by atoms with Crippen molar-refractivity contribution in [3.63, 3.8) is 0 Å². The van der Waals surface area contributed by atoms with Gasteiger partial charge in [0.15, 0.2) is 0 Å². The third-order valence-corrected chi connectivity index (χ3v) is 4.25. The number of halogens is 5. The zero-order chi connectivity index (χ0) is 20.4. The molecule has 0 saturated heterocycles. The summed E-state index contributed by atoms with van der Waals surface area (Å²) in [6.07, 6.45) is -2.98. The number of nitrogens with zero attached hydrogens (tertiary/aromatic N) is 1. The normalized spacial score (nSPS) is 19.3. The second-order valence-corrected chi connectivity index (χ2v) is 6.26. The highest BCUT2D eigenvalue weighted by Crippen LogP contribution is 2.40. The van der Waals surface area contributed by atoms with E-state index in [2.05, 4.69) is 27.1 Å².